The van der Waals surface area contributed by atoms with Crippen LogP contribution in [-0.4, -0.2) is 40.2 Å². The van der Waals surface area contributed by atoms with E-state index in [2.05, 4.69) is 68.6 Å². The molecule has 1 aliphatic carbocycles. The number of nitrogens with two attached hydrogens (primary N) is 1. The molecule has 2 heterocycles. The zero-order valence-corrected chi connectivity index (χ0v) is 16.7. The van der Waals surface area contributed by atoms with E-state index in [-0.39, 0.29) is 5.54 Å². The first-order valence-corrected chi connectivity index (χ1v) is 10.2. The molecule has 1 aromatic heterocycles. The third-order valence-corrected chi connectivity index (χ3v) is 5.97. The molecule has 0 bridgehead atoms. The van der Waals surface area contributed by atoms with Gasteiger partial charge in [0.1, 0.15) is 12.1 Å². The third-order valence-electron chi connectivity index (χ3n) is 5.43. The van der Waals surface area contributed by atoms with Crippen LogP contribution in [0.15, 0.2) is 41.6 Å². The molecule has 1 saturated heterocycles. The number of allylic oxidation sites excluding steroid dienone is 1. The number of benzene rings is 1. The third kappa shape index (κ3) is 3.67. The number of nitrogens with zero attached hydrogens (tertiary/aromatic N) is 4. The van der Waals surface area contributed by atoms with Gasteiger partial charge in [-0.3, -0.25) is 5.14 Å². The summed E-state index contributed by atoms with van der Waals surface area (Å²) in [5, 5.41) is 8.03. The van der Waals surface area contributed by atoms with Crippen LogP contribution < -0.4 is 15.5 Å². The molecule has 2 aromatic rings. The lowest BCUT2D eigenvalue weighted by molar-refractivity contribution is 0.195. The SMILES string of the molecule is C/C=C\c1c(C)ncnc1N1CCN(Nc2ccc(SN)cc2)C2(CC2)C1. The predicted octanol–water partition coefficient (Wildman–Crippen LogP) is 3.47. The van der Waals surface area contributed by atoms with Crippen molar-refractivity contribution in [2.75, 3.05) is 30.0 Å². The zero-order valence-electron chi connectivity index (χ0n) is 15.9. The molecule has 0 radical (unpaired) electrons. The molecule has 4 rings (SSSR count). The lowest BCUT2D eigenvalue weighted by atomic mass is 10.1. The second-order valence-electron chi connectivity index (χ2n) is 7.25. The maximum atomic E-state index is 5.62. The lowest BCUT2D eigenvalue weighted by Crippen LogP contribution is -2.57. The number of rotatable bonds is 5. The van der Waals surface area contributed by atoms with Crippen molar-refractivity contribution in [3.63, 3.8) is 0 Å². The Labute approximate surface area is 165 Å². The summed E-state index contributed by atoms with van der Waals surface area (Å²) in [5.74, 6) is 1.05. The van der Waals surface area contributed by atoms with Crippen LogP contribution in [0.3, 0.4) is 0 Å². The Morgan fingerprint density at radius 3 is 2.63 bits per heavy atom. The number of aryl methyl sites for hydroxylation is 1. The van der Waals surface area contributed by atoms with E-state index in [1.54, 1.807) is 6.33 Å². The van der Waals surface area contributed by atoms with Crippen molar-refractivity contribution in [2.24, 2.45) is 5.14 Å². The number of nitrogens with one attached hydrogen (secondary N) is 1. The highest BCUT2D eigenvalue weighted by atomic mass is 32.2. The molecular formula is C20H26N6S. The van der Waals surface area contributed by atoms with Gasteiger partial charge in [0.25, 0.3) is 0 Å². The molecule has 1 saturated carbocycles. The van der Waals surface area contributed by atoms with Gasteiger partial charge in [-0.15, -0.1) is 0 Å². The van der Waals surface area contributed by atoms with Crippen LogP contribution in [0.4, 0.5) is 11.5 Å². The first-order valence-electron chi connectivity index (χ1n) is 9.35. The van der Waals surface area contributed by atoms with Crippen LogP contribution in [0.25, 0.3) is 6.08 Å². The van der Waals surface area contributed by atoms with Crippen molar-refractivity contribution < 1.29 is 0 Å². The van der Waals surface area contributed by atoms with Crippen molar-refractivity contribution in [1.82, 2.24) is 15.0 Å². The molecular weight excluding hydrogens is 356 g/mol. The highest BCUT2D eigenvalue weighted by Gasteiger charge is 2.52. The van der Waals surface area contributed by atoms with Crippen molar-refractivity contribution in [3.05, 3.63) is 47.9 Å². The van der Waals surface area contributed by atoms with Gasteiger partial charge >= 0.3 is 0 Å². The van der Waals surface area contributed by atoms with Gasteiger partial charge in [-0.1, -0.05) is 12.2 Å². The standard InChI is InChI=1S/C20H26N6S/c1-3-4-18-15(2)22-14-23-19(18)25-11-12-26(20(13-25)9-10-20)24-16-5-7-17(27-21)8-6-16/h3-8,14,24H,9-13,21H2,1-2H3/b4-3-. The Morgan fingerprint density at radius 1 is 1.19 bits per heavy atom. The minimum atomic E-state index is 0.186. The monoisotopic (exact) mass is 382 g/mol. The van der Waals surface area contributed by atoms with E-state index in [1.165, 1.54) is 24.8 Å². The summed E-state index contributed by atoms with van der Waals surface area (Å²) in [4.78, 5) is 12.5. The fraction of sp³-hybridized carbons (Fsp3) is 0.400. The van der Waals surface area contributed by atoms with Gasteiger partial charge in [0.15, 0.2) is 0 Å². The van der Waals surface area contributed by atoms with E-state index in [0.717, 1.165) is 47.3 Å². The Bertz CT molecular complexity index is 831. The number of hydrazine groups is 1. The summed E-state index contributed by atoms with van der Waals surface area (Å²) in [7, 11) is 0. The van der Waals surface area contributed by atoms with E-state index in [9.17, 15) is 0 Å². The topological polar surface area (TPSA) is 70.3 Å². The Balaban J connectivity index is 1.51. The molecule has 1 spiro atoms. The van der Waals surface area contributed by atoms with Gasteiger partial charge in [-0.05, 0) is 62.9 Å². The first kappa shape index (κ1) is 18.3. The highest BCUT2D eigenvalue weighted by Crippen LogP contribution is 2.45. The van der Waals surface area contributed by atoms with Gasteiger partial charge in [0.05, 0.1) is 11.2 Å². The maximum absolute atomic E-state index is 5.62. The summed E-state index contributed by atoms with van der Waals surface area (Å²) >= 11 is 1.27. The van der Waals surface area contributed by atoms with E-state index in [0.29, 0.717) is 0 Å². The second kappa shape index (κ2) is 7.50. The molecule has 6 nitrogen and oxygen atoms in total. The maximum Gasteiger partial charge on any atom is 0.139 e. The van der Waals surface area contributed by atoms with Gasteiger partial charge < -0.3 is 10.3 Å². The highest BCUT2D eigenvalue weighted by molar-refractivity contribution is 7.97. The normalized spacial score (nSPS) is 19.0. The van der Waals surface area contributed by atoms with Crippen molar-refractivity contribution in [3.8, 4) is 0 Å². The van der Waals surface area contributed by atoms with E-state index < -0.39 is 0 Å². The number of hydrogen-bond acceptors (Lipinski definition) is 7. The molecule has 0 atom stereocenters. The summed E-state index contributed by atoms with van der Waals surface area (Å²) in [6.07, 6.45) is 8.26. The Hall–Kier alpha value is -2.09. The fourth-order valence-electron chi connectivity index (χ4n) is 3.75. The van der Waals surface area contributed by atoms with Crippen LogP contribution in [-0.2, 0) is 0 Å². The summed E-state index contributed by atoms with van der Waals surface area (Å²) in [6, 6.07) is 8.29. The second-order valence-corrected chi connectivity index (χ2v) is 7.96. The number of piperazine rings is 1. The van der Waals surface area contributed by atoms with E-state index in [1.807, 2.05) is 6.92 Å². The zero-order chi connectivity index (χ0) is 18.9. The van der Waals surface area contributed by atoms with Gasteiger partial charge in [0, 0.05) is 35.8 Å². The molecule has 0 amide bonds. The average molecular weight is 383 g/mol. The largest absolute Gasteiger partial charge is 0.353 e. The minimum Gasteiger partial charge on any atom is -0.353 e. The van der Waals surface area contributed by atoms with Gasteiger partial charge in [-0.2, -0.15) is 0 Å². The van der Waals surface area contributed by atoms with E-state index in [4.69, 9.17) is 5.14 Å². The van der Waals surface area contributed by atoms with Crippen molar-refractivity contribution in [2.45, 2.75) is 37.1 Å². The van der Waals surface area contributed by atoms with Crippen molar-refractivity contribution >= 4 is 29.5 Å². The van der Waals surface area contributed by atoms with Crippen LogP contribution in [0.2, 0.25) is 0 Å². The summed E-state index contributed by atoms with van der Waals surface area (Å²) < 4.78 is 0. The number of anilines is 2. The quantitative estimate of drug-likeness (QED) is 0.767. The average Bonchev–Trinajstić information content (AvgIpc) is 3.46. The molecule has 1 aliphatic heterocycles. The van der Waals surface area contributed by atoms with Gasteiger partial charge in [-0.25, -0.2) is 15.0 Å². The molecule has 0 unspecified atom stereocenters. The Kier molecular flexibility index (Phi) is 5.08. The molecule has 27 heavy (non-hydrogen) atoms. The Morgan fingerprint density at radius 2 is 1.96 bits per heavy atom. The lowest BCUT2D eigenvalue weighted by Gasteiger charge is -2.43. The van der Waals surface area contributed by atoms with Crippen molar-refractivity contribution in [1.29, 1.82) is 0 Å². The van der Waals surface area contributed by atoms with Crippen LogP contribution in [0.1, 0.15) is 31.0 Å². The first-order chi connectivity index (χ1) is 13.1. The molecule has 142 valence electrons. The van der Waals surface area contributed by atoms with Crippen LogP contribution >= 0.6 is 11.9 Å². The molecule has 3 N–H and O–H groups in total. The molecule has 2 aliphatic rings. The number of aromatic nitrogens is 2. The summed E-state index contributed by atoms with van der Waals surface area (Å²) in [5.41, 5.74) is 7.08. The van der Waals surface area contributed by atoms with Crippen LogP contribution in [0.5, 0.6) is 0 Å². The summed E-state index contributed by atoms with van der Waals surface area (Å²) in [6.45, 7) is 6.96. The minimum absolute atomic E-state index is 0.186. The number of hydrogen-bond donors (Lipinski definition) is 2. The predicted molar refractivity (Wildman–Crippen MR) is 112 cm³/mol. The van der Waals surface area contributed by atoms with Crippen LogP contribution in [0, 0.1) is 6.92 Å². The molecule has 2 fully saturated rings. The van der Waals surface area contributed by atoms with E-state index >= 15 is 0 Å². The van der Waals surface area contributed by atoms with Gasteiger partial charge in [0.2, 0.25) is 0 Å². The molecule has 7 heteroatoms. The smallest absolute Gasteiger partial charge is 0.139 e. The molecule has 1 aromatic carbocycles. The fourth-order valence-corrected chi connectivity index (χ4v) is 4.05.